The van der Waals surface area contributed by atoms with Crippen LogP contribution in [0, 0.1) is 5.82 Å². The van der Waals surface area contributed by atoms with Gasteiger partial charge in [-0.25, -0.2) is 14.2 Å². The zero-order valence-corrected chi connectivity index (χ0v) is 11.4. The monoisotopic (exact) mass is 270 g/mol. The molecule has 5 nitrogen and oxygen atoms in total. The molecule has 0 radical (unpaired) electrons. The highest BCUT2D eigenvalue weighted by Crippen LogP contribution is 2.21. The molecule has 1 aromatic carbocycles. The summed E-state index contributed by atoms with van der Waals surface area (Å²) in [5.74, 6) is -0.319. The third kappa shape index (κ3) is 4.75. The normalized spacial score (nSPS) is 10.1. The number of nitrogens with one attached hydrogen (secondary N) is 1. The maximum absolute atomic E-state index is 13.7. The summed E-state index contributed by atoms with van der Waals surface area (Å²) in [6.45, 7) is 2.51. The molecule has 1 rings (SSSR count). The zero-order chi connectivity index (χ0) is 14.3. The Bertz CT molecular complexity index is 426. The minimum Gasteiger partial charge on any atom is -0.491 e. The van der Waals surface area contributed by atoms with E-state index in [1.165, 1.54) is 26.3 Å². The maximum Gasteiger partial charge on any atom is 0.345 e. The van der Waals surface area contributed by atoms with E-state index in [0.29, 0.717) is 12.3 Å². The van der Waals surface area contributed by atoms with Gasteiger partial charge in [0, 0.05) is 18.8 Å². The number of hydrogen-bond donors (Lipinski definition) is 1. The van der Waals surface area contributed by atoms with Gasteiger partial charge in [0.2, 0.25) is 0 Å². The Morgan fingerprint density at radius 1 is 1.47 bits per heavy atom. The molecular weight excluding hydrogens is 251 g/mol. The van der Waals surface area contributed by atoms with E-state index in [1.54, 1.807) is 6.07 Å². The van der Waals surface area contributed by atoms with Gasteiger partial charge in [-0.3, -0.25) is 4.84 Å². The Labute approximate surface area is 112 Å². The van der Waals surface area contributed by atoms with Gasteiger partial charge in [0.05, 0.1) is 13.7 Å². The largest absolute Gasteiger partial charge is 0.491 e. The lowest BCUT2D eigenvalue weighted by Gasteiger charge is -2.15. The van der Waals surface area contributed by atoms with Gasteiger partial charge >= 0.3 is 6.03 Å². The molecule has 0 unspecified atom stereocenters. The van der Waals surface area contributed by atoms with Crippen molar-refractivity contribution in [3.63, 3.8) is 0 Å². The van der Waals surface area contributed by atoms with Crippen molar-refractivity contribution in [3.8, 4) is 5.75 Å². The van der Waals surface area contributed by atoms with Gasteiger partial charge in [0.25, 0.3) is 0 Å². The molecule has 0 aliphatic rings. The Morgan fingerprint density at radius 3 is 2.79 bits per heavy atom. The van der Waals surface area contributed by atoms with Gasteiger partial charge in [-0.15, -0.1) is 0 Å². The van der Waals surface area contributed by atoms with Crippen molar-refractivity contribution in [3.05, 3.63) is 24.0 Å². The number of halogens is 1. The highest BCUT2D eigenvalue weighted by atomic mass is 19.1. The highest BCUT2D eigenvalue weighted by Gasteiger charge is 2.10. The molecule has 2 amide bonds. The molecule has 1 aromatic rings. The highest BCUT2D eigenvalue weighted by molar-refractivity contribution is 5.88. The van der Waals surface area contributed by atoms with Crippen molar-refractivity contribution in [1.29, 1.82) is 0 Å². The summed E-state index contributed by atoms with van der Waals surface area (Å²) in [7, 11) is 2.82. The van der Waals surface area contributed by atoms with Gasteiger partial charge in [0.15, 0.2) is 11.6 Å². The predicted octanol–water partition coefficient (Wildman–Crippen LogP) is 3.03. The summed E-state index contributed by atoms with van der Waals surface area (Å²) in [6, 6.07) is 3.79. The maximum atomic E-state index is 13.7. The van der Waals surface area contributed by atoms with Gasteiger partial charge in [-0.2, -0.15) is 0 Å². The lowest BCUT2D eigenvalue weighted by Crippen LogP contribution is -2.30. The third-order valence-corrected chi connectivity index (χ3v) is 2.50. The number of hydroxylamine groups is 2. The van der Waals surface area contributed by atoms with Crippen molar-refractivity contribution in [1.82, 2.24) is 5.06 Å². The summed E-state index contributed by atoms with van der Waals surface area (Å²) < 4.78 is 19.0. The Hall–Kier alpha value is -1.82. The fraction of sp³-hybridized carbons (Fsp3) is 0.462. The fourth-order valence-corrected chi connectivity index (χ4v) is 1.31. The van der Waals surface area contributed by atoms with Crippen molar-refractivity contribution >= 4 is 11.7 Å². The fourth-order valence-electron chi connectivity index (χ4n) is 1.31. The second-order valence-electron chi connectivity index (χ2n) is 3.96. The molecule has 0 fully saturated rings. The molecule has 19 heavy (non-hydrogen) atoms. The minimum absolute atomic E-state index is 0.187. The molecule has 0 aromatic heterocycles. The minimum atomic E-state index is -0.506. The molecular formula is C13H19FN2O3. The summed E-state index contributed by atoms with van der Waals surface area (Å²) in [4.78, 5) is 16.2. The van der Waals surface area contributed by atoms with Gasteiger partial charge in [0.1, 0.15) is 0 Å². The first-order chi connectivity index (χ1) is 9.08. The van der Waals surface area contributed by atoms with Gasteiger partial charge < -0.3 is 10.1 Å². The molecule has 1 N–H and O–H groups in total. The molecule has 0 heterocycles. The number of rotatable bonds is 6. The van der Waals surface area contributed by atoms with Crippen LogP contribution in [0.25, 0.3) is 0 Å². The number of ether oxygens (including phenoxy) is 1. The Morgan fingerprint density at radius 2 is 2.21 bits per heavy atom. The SMILES string of the molecule is CCCCOc1ccc(NC(=O)N(C)OC)cc1F. The third-order valence-electron chi connectivity index (χ3n) is 2.50. The molecule has 6 heteroatoms. The second-order valence-corrected chi connectivity index (χ2v) is 3.96. The molecule has 0 bridgehead atoms. The number of urea groups is 1. The first-order valence-electron chi connectivity index (χ1n) is 6.09. The zero-order valence-electron chi connectivity index (χ0n) is 11.4. The predicted molar refractivity (Wildman–Crippen MR) is 70.6 cm³/mol. The number of anilines is 1. The number of carbonyl (C=O) groups excluding carboxylic acids is 1. The summed E-state index contributed by atoms with van der Waals surface area (Å²) >= 11 is 0. The van der Waals surface area contributed by atoms with Crippen molar-refractivity contribution in [2.24, 2.45) is 0 Å². The number of hydrogen-bond acceptors (Lipinski definition) is 3. The van der Waals surface area contributed by atoms with E-state index >= 15 is 0 Å². The summed E-state index contributed by atoms with van der Waals surface area (Å²) in [5.41, 5.74) is 0.342. The Balaban J connectivity index is 2.63. The van der Waals surface area contributed by atoms with E-state index in [2.05, 4.69) is 5.32 Å². The lowest BCUT2D eigenvalue weighted by molar-refractivity contribution is -0.0598. The topological polar surface area (TPSA) is 50.8 Å². The van der Waals surface area contributed by atoms with Crippen LogP contribution in [-0.2, 0) is 4.84 Å². The molecule has 0 saturated heterocycles. The van der Waals surface area contributed by atoms with Crippen LogP contribution in [0.15, 0.2) is 18.2 Å². The number of benzene rings is 1. The van der Waals surface area contributed by atoms with Crippen LogP contribution in [0.3, 0.4) is 0 Å². The van der Waals surface area contributed by atoms with Gasteiger partial charge in [-0.1, -0.05) is 13.3 Å². The van der Waals surface area contributed by atoms with Gasteiger partial charge in [-0.05, 0) is 18.6 Å². The first-order valence-corrected chi connectivity index (χ1v) is 6.09. The van der Waals surface area contributed by atoms with E-state index in [9.17, 15) is 9.18 Å². The second kappa shape index (κ2) is 7.58. The quantitative estimate of drug-likeness (QED) is 0.638. The van der Waals surface area contributed by atoms with Crippen LogP contribution in [0.1, 0.15) is 19.8 Å². The van der Waals surface area contributed by atoms with E-state index in [4.69, 9.17) is 9.57 Å². The molecule has 0 aliphatic carbocycles. The van der Waals surface area contributed by atoms with Crippen LogP contribution >= 0.6 is 0 Å². The van der Waals surface area contributed by atoms with Crippen molar-refractivity contribution in [2.45, 2.75) is 19.8 Å². The molecule has 0 atom stereocenters. The van der Waals surface area contributed by atoms with E-state index in [0.717, 1.165) is 17.9 Å². The smallest absolute Gasteiger partial charge is 0.345 e. The van der Waals surface area contributed by atoms with Crippen LogP contribution < -0.4 is 10.1 Å². The molecule has 0 saturated carbocycles. The number of amides is 2. The average molecular weight is 270 g/mol. The Kier molecular flexibility index (Phi) is 6.08. The molecule has 0 spiro atoms. The average Bonchev–Trinajstić information content (AvgIpc) is 2.40. The number of carbonyl (C=O) groups is 1. The van der Waals surface area contributed by atoms with Crippen LogP contribution in [0.2, 0.25) is 0 Å². The van der Waals surface area contributed by atoms with E-state index < -0.39 is 11.8 Å². The number of unbranched alkanes of at least 4 members (excludes halogenated alkanes) is 1. The van der Waals surface area contributed by atoms with Crippen LogP contribution in [0.5, 0.6) is 5.75 Å². The van der Waals surface area contributed by atoms with Crippen LogP contribution in [-0.4, -0.2) is 31.9 Å². The van der Waals surface area contributed by atoms with Crippen LogP contribution in [0.4, 0.5) is 14.9 Å². The van der Waals surface area contributed by atoms with E-state index in [-0.39, 0.29) is 5.75 Å². The molecule has 0 aliphatic heterocycles. The standard InChI is InChI=1S/C13H19FN2O3/c1-4-5-8-19-12-7-6-10(9-11(12)14)15-13(17)16(2)18-3/h6-7,9H,4-5,8H2,1-3H3,(H,15,17). The van der Waals surface area contributed by atoms with E-state index in [1.807, 2.05) is 6.92 Å². The van der Waals surface area contributed by atoms with Crippen molar-refractivity contribution in [2.75, 3.05) is 26.1 Å². The lowest BCUT2D eigenvalue weighted by atomic mass is 10.3. The number of nitrogens with zero attached hydrogens (tertiary/aromatic N) is 1. The summed E-state index contributed by atoms with van der Waals surface area (Å²) in [5, 5.41) is 3.50. The molecule has 106 valence electrons. The first kappa shape index (κ1) is 15.2. The summed E-state index contributed by atoms with van der Waals surface area (Å²) in [6.07, 6.45) is 1.86. The van der Waals surface area contributed by atoms with Crippen molar-refractivity contribution < 1.29 is 18.8 Å².